The van der Waals surface area contributed by atoms with Crippen molar-refractivity contribution in [2.45, 2.75) is 56.7 Å². The summed E-state index contributed by atoms with van der Waals surface area (Å²) in [4.78, 5) is 0. The molecule has 1 saturated heterocycles. The molecule has 1 aliphatic heterocycles. The monoisotopic (exact) mass is 269 g/mol. The molecule has 0 amide bonds. The van der Waals surface area contributed by atoms with Gasteiger partial charge in [-0.1, -0.05) is 26.8 Å². The number of hydrogen-bond acceptors (Lipinski definition) is 3. The SMILES string of the molecule is CC[C@@H]1CC(CC)(CC)CN1Sc1cccs1. The largest absolute Gasteiger partial charge is 0.242 e. The Hall–Kier alpha value is 0.01000. The molecule has 2 heterocycles. The van der Waals surface area contributed by atoms with Crippen LogP contribution in [-0.2, 0) is 0 Å². The Morgan fingerprint density at radius 3 is 2.71 bits per heavy atom. The van der Waals surface area contributed by atoms with Crippen LogP contribution in [0.15, 0.2) is 21.7 Å². The van der Waals surface area contributed by atoms with Gasteiger partial charge in [0.2, 0.25) is 0 Å². The van der Waals surface area contributed by atoms with E-state index in [1.807, 2.05) is 23.3 Å². The lowest BCUT2D eigenvalue weighted by Gasteiger charge is -2.25. The summed E-state index contributed by atoms with van der Waals surface area (Å²) in [5.74, 6) is 0. The lowest BCUT2D eigenvalue weighted by atomic mass is 9.80. The van der Waals surface area contributed by atoms with Crippen LogP contribution in [-0.4, -0.2) is 16.9 Å². The van der Waals surface area contributed by atoms with Gasteiger partial charge in [0.15, 0.2) is 0 Å². The number of rotatable bonds is 5. The van der Waals surface area contributed by atoms with Gasteiger partial charge in [0.25, 0.3) is 0 Å². The molecule has 1 nitrogen and oxygen atoms in total. The molecule has 0 saturated carbocycles. The number of hydrogen-bond donors (Lipinski definition) is 0. The van der Waals surface area contributed by atoms with E-state index in [1.54, 1.807) is 0 Å². The summed E-state index contributed by atoms with van der Waals surface area (Å²) in [5.41, 5.74) is 0.574. The summed E-state index contributed by atoms with van der Waals surface area (Å²) in [5, 5.41) is 2.17. The van der Waals surface area contributed by atoms with E-state index in [9.17, 15) is 0 Å². The fourth-order valence-corrected chi connectivity index (χ4v) is 4.93. The summed E-state index contributed by atoms with van der Waals surface area (Å²) in [6.07, 6.45) is 5.30. The van der Waals surface area contributed by atoms with Crippen LogP contribution in [0.1, 0.15) is 46.5 Å². The molecular formula is C14H23NS2. The Labute approximate surface area is 114 Å². The van der Waals surface area contributed by atoms with Crippen molar-refractivity contribution in [1.82, 2.24) is 4.31 Å². The van der Waals surface area contributed by atoms with Crippen molar-refractivity contribution in [3.8, 4) is 0 Å². The van der Waals surface area contributed by atoms with Gasteiger partial charge in [-0.3, -0.25) is 0 Å². The van der Waals surface area contributed by atoms with E-state index in [4.69, 9.17) is 0 Å². The van der Waals surface area contributed by atoms with Gasteiger partial charge < -0.3 is 0 Å². The minimum atomic E-state index is 0.574. The van der Waals surface area contributed by atoms with Crippen molar-refractivity contribution in [2.24, 2.45) is 5.41 Å². The first kappa shape index (κ1) is 13.4. The van der Waals surface area contributed by atoms with Gasteiger partial charge in [0, 0.05) is 12.6 Å². The van der Waals surface area contributed by atoms with E-state index in [0.29, 0.717) is 5.41 Å². The topological polar surface area (TPSA) is 3.24 Å². The van der Waals surface area contributed by atoms with Crippen LogP contribution < -0.4 is 0 Å². The van der Waals surface area contributed by atoms with Gasteiger partial charge in [-0.15, -0.1) is 11.3 Å². The zero-order chi connectivity index (χ0) is 12.3. The third-order valence-corrected chi connectivity index (χ3v) is 6.39. The predicted molar refractivity (Wildman–Crippen MR) is 78.6 cm³/mol. The second-order valence-corrected chi connectivity index (χ2v) is 7.37. The molecule has 0 bridgehead atoms. The van der Waals surface area contributed by atoms with Crippen molar-refractivity contribution in [1.29, 1.82) is 0 Å². The Kier molecular flexibility index (Phi) is 4.56. The molecule has 0 unspecified atom stereocenters. The molecule has 0 aliphatic carbocycles. The van der Waals surface area contributed by atoms with Crippen LogP contribution in [0.4, 0.5) is 0 Å². The van der Waals surface area contributed by atoms with Crippen LogP contribution in [0.5, 0.6) is 0 Å². The van der Waals surface area contributed by atoms with E-state index < -0.39 is 0 Å². The second kappa shape index (κ2) is 5.77. The van der Waals surface area contributed by atoms with Gasteiger partial charge in [0.1, 0.15) is 0 Å². The smallest absolute Gasteiger partial charge is 0.0753 e. The van der Waals surface area contributed by atoms with Crippen molar-refractivity contribution in [3.63, 3.8) is 0 Å². The maximum Gasteiger partial charge on any atom is 0.0753 e. The van der Waals surface area contributed by atoms with E-state index in [-0.39, 0.29) is 0 Å². The third kappa shape index (κ3) is 2.88. The van der Waals surface area contributed by atoms with Crippen LogP contribution in [0.25, 0.3) is 0 Å². The highest BCUT2D eigenvalue weighted by atomic mass is 32.2. The molecule has 0 radical (unpaired) electrons. The van der Waals surface area contributed by atoms with E-state index in [2.05, 4.69) is 42.6 Å². The Morgan fingerprint density at radius 1 is 1.41 bits per heavy atom. The highest BCUT2D eigenvalue weighted by Gasteiger charge is 2.41. The molecule has 1 aliphatic rings. The minimum Gasteiger partial charge on any atom is -0.242 e. The van der Waals surface area contributed by atoms with Gasteiger partial charge in [-0.25, -0.2) is 4.31 Å². The zero-order valence-electron chi connectivity index (χ0n) is 11.1. The Morgan fingerprint density at radius 2 is 2.18 bits per heavy atom. The molecule has 3 heteroatoms. The first-order valence-electron chi connectivity index (χ1n) is 6.71. The lowest BCUT2D eigenvalue weighted by molar-refractivity contribution is 0.283. The lowest BCUT2D eigenvalue weighted by Crippen LogP contribution is -2.23. The minimum absolute atomic E-state index is 0.574. The maximum atomic E-state index is 2.64. The summed E-state index contributed by atoms with van der Waals surface area (Å²) in [6, 6.07) is 5.15. The average molecular weight is 269 g/mol. The maximum absolute atomic E-state index is 2.64. The molecule has 96 valence electrons. The van der Waals surface area contributed by atoms with Gasteiger partial charge in [0.05, 0.1) is 4.21 Å². The molecule has 1 fully saturated rings. The van der Waals surface area contributed by atoms with Gasteiger partial charge in [-0.05, 0) is 54.5 Å². The van der Waals surface area contributed by atoms with Crippen molar-refractivity contribution >= 4 is 23.3 Å². The molecule has 1 aromatic heterocycles. The molecule has 0 spiro atoms. The molecule has 2 rings (SSSR count). The summed E-state index contributed by atoms with van der Waals surface area (Å²) < 4.78 is 4.07. The summed E-state index contributed by atoms with van der Waals surface area (Å²) in [6.45, 7) is 8.31. The van der Waals surface area contributed by atoms with Gasteiger partial charge in [-0.2, -0.15) is 0 Å². The fourth-order valence-electron chi connectivity index (χ4n) is 2.77. The van der Waals surface area contributed by atoms with Crippen LogP contribution >= 0.6 is 23.3 Å². The van der Waals surface area contributed by atoms with E-state index in [1.165, 1.54) is 36.4 Å². The number of nitrogens with zero attached hydrogens (tertiary/aromatic N) is 1. The van der Waals surface area contributed by atoms with Crippen LogP contribution in [0.2, 0.25) is 0 Å². The summed E-state index contributed by atoms with van der Waals surface area (Å²) in [7, 11) is 0. The van der Waals surface area contributed by atoms with E-state index >= 15 is 0 Å². The summed E-state index contributed by atoms with van der Waals surface area (Å²) >= 11 is 3.83. The molecular weight excluding hydrogens is 246 g/mol. The van der Waals surface area contributed by atoms with Crippen LogP contribution in [0.3, 0.4) is 0 Å². The van der Waals surface area contributed by atoms with Gasteiger partial charge >= 0.3 is 0 Å². The Bertz CT molecular complexity index is 330. The predicted octanol–water partition coefficient (Wildman–Crippen LogP) is 5.05. The first-order chi connectivity index (χ1) is 8.23. The molecule has 1 aromatic rings. The second-order valence-electron chi connectivity index (χ2n) is 5.07. The third-order valence-electron chi connectivity index (χ3n) is 4.24. The van der Waals surface area contributed by atoms with Crippen LogP contribution in [0, 0.1) is 5.41 Å². The molecule has 0 aromatic carbocycles. The number of thiophene rings is 1. The standard InChI is InChI=1S/C14H23NS2/c1-4-12-10-14(5-2,6-3)11-15(12)17-13-8-7-9-16-13/h7-9,12H,4-6,10-11H2,1-3H3/t12-/m1/s1. The molecule has 0 N–H and O–H groups in total. The van der Waals surface area contributed by atoms with Crippen molar-refractivity contribution in [2.75, 3.05) is 6.54 Å². The van der Waals surface area contributed by atoms with Crippen molar-refractivity contribution < 1.29 is 0 Å². The molecule has 1 atom stereocenters. The molecule has 17 heavy (non-hydrogen) atoms. The first-order valence-corrected chi connectivity index (χ1v) is 8.36. The van der Waals surface area contributed by atoms with E-state index in [0.717, 1.165) is 6.04 Å². The highest BCUT2D eigenvalue weighted by Crippen LogP contribution is 2.46. The zero-order valence-corrected chi connectivity index (χ0v) is 12.7. The normalized spacial score (nSPS) is 24.3. The highest BCUT2D eigenvalue weighted by molar-refractivity contribution is 7.98. The Balaban J connectivity index is 2.06. The quantitative estimate of drug-likeness (QED) is 0.688. The van der Waals surface area contributed by atoms with Crippen molar-refractivity contribution in [3.05, 3.63) is 17.5 Å². The average Bonchev–Trinajstić information content (AvgIpc) is 2.97. The fraction of sp³-hybridized carbons (Fsp3) is 0.714.